The molecule has 2 fully saturated rings. The van der Waals surface area contributed by atoms with Crippen molar-refractivity contribution in [3.05, 3.63) is 53.3 Å². The molecule has 3 aliphatic rings. The number of hydrogen-bond donors (Lipinski definition) is 0. The van der Waals surface area contributed by atoms with Crippen LogP contribution >= 0.6 is 0 Å². The molecule has 2 aromatic carbocycles. The van der Waals surface area contributed by atoms with E-state index in [1.165, 1.54) is 56.4 Å². The van der Waals surface area contributed by atoms with Crippen molar-refractivity contribution < 1.29 is 13.9 Å². The molecule has 1 amide bonds. The minimum atomic E-state index is -0.345. The molecule has 0 unspecified atom stereocenters. The van der Waals surface area contributed by atoms with E-state index in [9.17, 15) is 9.18 Å². The molecule has 1 aliphatic carbocycles. The van der Waals surface area contributed by atoms with Gasteiger partial charge in [-0.15, -0.1) is 0 Å². The van der Waals surface area contributed by atoms with Crippen molar-refractivity contribution in [3.8, 4) is 16.9 Å². The third kappa shape index (κ3) is 5.13. The Morgan fingerprint density at radius 2 is 1.68 bits per heavy atom. The summed E-state index contributed by atoms with van der Waals surface area (Å²) in [5.41, 5.74) is 4.42. The maximum atomic E-state index is 14.1. The van der Waals surface area contributed by atoms with E-state index in [-0.39, 0.29) is 17.5 Å². The molecule has 2 aromatic rings. The van der Waals surface area contributed by atoms with Crippen LogP contribution in [0.3, 0.4) is 0 Å². The largest absolute Gasteiger partial charge is 0.494 e. The van der Waals surface area contributed by atoms with Gasteiger partial charge in [-0.3, -0.25) is 14.6 Å². The molecule has 34 heavy (non-hydrogen) atoms. The van der Waals surface area contributed by atoms with Crippen LogP contribution in [0, 0.1) is 5.82 Å². The molecule has 0 atom stereocenters. The highest BCUT2D eigenvalue weighted by Gasteiger charge is 2.28. The Morgan fingerprint density at radius 1 is 0.941 bits per heavy atom. The predicted molar refractivity (Wildman–Crippen MR) is 132 cm³/mol. The van der Waals surface area contributed by atoms with E-state index in [0.29, 0.717) is 6.54 Å². The van der Waals surface area contributed by atoms with Gasteiger partial charge in [0.1, 0.15) is 0 Å². The summed E-state index contributed by atoms with van der Waals surface area (Å²) in [6, 6.07) is 12.2. The van der Waals surface area contributed by atoms with E-state index >= 15 is 0 Å². The summed E-state index contributed by atoms with van der Waals surface area (Å²) in [5, 5.41) is 0. The first-order valence-electron chi connectivity index (χ1n) is 12.8. The van der Waals surface area contributed by atoms with Gasteiger partial charge >= 0.3 is 0 Å². The summed E-state index contributed by atoms with van der Waals surface area (Å²) in [6.07, 6.45) is 7.67. The number of rotatable bonds is 5. The van der Waals surface area contributed by atoms with Crippen molar-refractivity contribution in [3.63, 3.8) is 0 Å². The van der Waals surface area contributed by atoms with E-state index < -0.39 is 0 Å². The molecule has 182 valence electrons. The predicted octanol–water partition coefficient (Wildman–Crippen LogP) is 4.34. The SMILES string of the molecule is COc1ccc(-c2ccc3c(c2)CCN(CC(=O)N2CCN(C4CCCCC4)CC2)C3)cc1F. The monoisotopic (exact) mass is 465 g/mol. The zero-order chi connectivity index (χ0) is 23.5. The average Bonchev–Trinajstić information content (AvgIpc) is 2.89. The van der Waals surface area contributed by atoms with Crippen LogP contribution in [0.4, 0.5) is 4.39 Å². The molecule has 1 saturated carbocycles. The number of fused-ring (bicyclic) bond motifs is 1. The first-order valence-corrected chi connectivity index (χ1v) is 12.8. The zero-order valence-electron chi connectivity index (χ0n) is 20.3. The summed E-state index contributed by atoms with van der Waals surface area (Å²) in [5.74, 6) is 0.177. The Hall–Kier alpha value is -2.44. The molecule has 5 nitrogen and oxygen atoms in total. The van der Waals surface area contributed by atoms with Gasteiger partial charge in [0, 0.05) is 45.3 Å². The summed E-state index contributed by atoms with van der Waals surface area (Å²) < 4.78 is 19.2. The molecular formula is C28H36FN3O2. The van der Waals surface area contributed by atoms with Gasteiger partial charge in [0.25, 0.3) is 0 Å². The van der Waals surface area contributed by atoms with Crippen LogP contribution in [0.25, 0.3) is 11.1 Å². The van der Waals surface area contributed by atoms with Gasteiger partial charge in [-0.05, 0) is 53.6 Å². The Kier molecular flexibility index (Phi) is 7.16. The molecule has 6 heteroatoms. The lowest BCUT2D eigenvalue weighted by Crippen LogP contribution is -2.54. The van der Waals surface area contributed by atoms with Crippen LogP contribution in [0.2, 0.25) is 0 Å². The molecule has 5 rings (SSSR count). The minimum absolute atomic E-state index is 0.261. The molecule has 0 bridgehead atoms. The Labute approximate surface area is 202 Å². The fourth-order valence-electron chi connectivity index (χ4n) is 5.85. The highest BCUT2D eigenvalue weighted by molar-refractivity contribution is 5.78. The first-order chi connectivity index (χ1) is 16.6. The topological polar surface area (TPSA) is 36.0 Å². The van der Waals surface area contributed by atoms with Gasteiger partial charge in [0.2, 0.25) is 5.91 Å². The van der Waals surface area contributed by atoms with Crippen LogP contribution in [0.1, 0.15) is 43.2 Å². The van der Waals surface area contributed by atoms with Gasteiger partial charge in [-0.25, -0.2) is 4.39 Å². The van der Waals surface area contributed by atoms with E-state index in [0.717, 1.165) is 62.9 Å². The van der Waals surface area contributed by atoms with Gasteiger partial charge in [-0.2, -0.15) is 0 Å². The van der Waals surface area contributed by atoms with Crippen molar-refractivity contribution in [2.75, 3.05) is 46.4 Å². The number of halogens is 1. The number of nitrogens with zero attached hydrogens (tertiary/aromatic N) is 3. The number of methoxy groups -OCH3 is 1. The summed E-state index contributed by atoms with van der Waals surface area (Å²) in [7, 11) is 1.48. The second-order valence-corrected chi connectivity index (χ2v) is 10.0. The molecule has 0 aromatic heterocycles. The van der Waals surface area contributed by atoms with Crippen LogP contribution < -0.4 is 4.74 Å². The van der Waals surface area contributed by atoms with Crippen molar-refractivity contribution >= 4 is 5.91 Å². The smallest absolute Gasteiger partial charge is 0.236 e. The van der Waals surface area contributed by atoms with Crippen LogP contribution in [-0.4, -0.2) is 73.0 Å². The fraction of sp³-hybridized carbons (Fsp3) is 0.536. The van der Waals surface area contributed by atoms with Crippen molar-refractivity contribution in [2.24, 2.45) is 0 Å². The molecule has 0 spiro atoms. The van der Waals surface area contributed by atoms with Crippen LogP contribution in [0.5, 0.6) is 5.75 Å². The number of ether oxygens (including phenoxy) is 1. The number of piperazine rings is 1. The second kappa shape index (κ2) is 10.4. The lowest BCUT2D eigenvalue weighted by atomic mass is 9.94. The first kappa shape index (κ1) is 23.3. The van der Waals surface area contributed by atoms with Crippen molar-refractivity contribution in [2.45, 2.75) is 51.1 Å². The van der Waals surface area contributed by atoms with E-state index in [4.69, 9.17) is 4.74 Å². The summed E-state index contributed by atoms with van der Waals surface area (Å²) in [4.78, 5) is 20.0. The number of benzene rings is 2. The van der Waals surface area contributed by atoms with E-state index in [1.54, 1.807) is 6.07 Å². The average molecular weight is 466 g/mol. The molecule has 1 saturated heterocycles. The number of carbonyl (C=O) groups is 1. The molecule has 0 radical (unpaired) electrons. The quantitative estimate of drug-likeness (QED) is 0.658. The molecule has 0 N–H and O–H groups in total. The third-order valence-corrected chi connectivity index (χ3v) is 7.90. The summed E-state index contributed by atoms with van der Waals surface area (Å²) >= 11 is 0. The lowest BCUT2D eigenvalue weighted by Gasteiger charge is -2.41. The summed E-state index contributed by atoms with van der Waals surface area (Å²) in [6.45, 7) is 5.93. The maximum Gasteiger partial charge on any atom is 0.236 e. The lowest BCUT2D eigenvalue weighted by molar-refractivity contribution is -0.134. The highest BCUT2D eigenvalue weighted by Crippen LogP contribution is 2.29. The molecular weight excluding hydrogens is 429 g/mol. The van der Waals surface area contributed by atoms with E-state index in [1.807, 2.05) is 6.07 Å². The van der Waals surface area contributed by atoms with E-state index in [2.05, 4.69) is 32.9 Å². The van der Waals surface area contributed by atoms with Crippen LogP contribution in [-0.2, 0) is 17.8 Å². The van der Waals surface area contributed by atoms with Crippen molar-refractivity contribution in [1.29, 1.82) is 0 Å². The van der Waals surface area contributed by atoms with Gasteiger partial charge in [0.05, 0.1) is 13.7 Å². The Morgan fingerprint density at radius 3 is 2.41 bits per heavy atom. The Bertz CT molecular complexity index is 1010. The Balaban J connectivity index is 1.15. The maximum absolute atomic E-state index is 14.1. The van der Waals surface area contributed by atoms with Gasteiger partial charge < -0.3 is 9.64 Å². The van der Waals surface area contributed by atoms with Gasteiger partial charge in [-0.1, -0.05) is 43.5 Å². The fourth-order valence-corrected chi connectivity index (χ4v) is 5.85. The van der Waals surface area contributed by atoms with Crippen molar-refractivity contribution in [1.82, 2.24) is 14.7 Å². The normalized spacial score (nSPS) is 20.2. The highest BCUT2D eigenvalue weighted by atomic mass is 19.1. The standard InChI is InChI=1S/C28H36FN3O2/c1-34-27-10-9-22(18-26(27)29)21-7-8-24-19-30(12-11-23(24)17-21)20-28(33)32-15-13-31(14-16-32)25-5-3-2-4-6-25/h7-10,17-18,25H,2-6,11-16,19-20H2,1H3. The van der Waals surface area contributed by atoms with Gasteiger partial charge in [0.15, 0.2) is 11.6 Å². The third-order valence-electron chi connectivity index (χ3n) is 7.90. The number of hydrogen-bond acceptors (Lipinski definition) is 4. The second-order valence-electron chi connectivity index (χ2n) is 10.0. The van der Waals surface area contributed by atoms with Crippen LogP contribution in [0.15, 0.2) is 36.4 Å². The zero-order valence-corrected chi connectivity index (χ0v) is 20.3. The minimum Gasteiger partial charge on any atom is -0.494 e. The number of amides is 1. The number of carbonyl (C=O) groups excluding carboxylic acids is 1. The molecule has 2 aliphatic heterocycles. The molecule has 2 heterocycles.